The van der Waals surface area contributed by atoms with Crippen LogP contribution in [0.1, 0.15) is 25.0 Å². The second-order valence-corrected chi connectivity index (χ2v) is 12.5. The molecular weight excluding hydrogens is 284 g/mol. The molecule has 1 aromatic carbocycles. The van der Waals surface area contributed by atoms with E-state index in [2.05, 4.69) is 44.8 Å². The highest BCUT2D eigenvalue weighted by molar-refractivity contribution is 6.83. The van der Waals surface area contributed by atoms with Gasteiger partial charge in [0.15, 0.2) is 0 Å². The van der Waals surface area contributed by atoms with Gasteiger partial charge in [0.2, 0.25) is 0 Å². The zero-order valence-electron chi connectivity index (χ0n) is 12.7. The number of aliphatic hydroxyl groups is 1. The third kappa shape index (κ3) is 3.25. The monoisotopic (exact) mass is 306 g/mol. The van der Waals surface area contributed by atoms with Gasteiger partial charge in [0.25, 0.3) is 0 Å². The van der Waals surface area contributed by atoms with Gasteiger partial charge in [-0.05, 0) is 24.1 Å². The Kier molecular flexibility index (Phi) is 4.29. The van der Waals surface area contributed by atoms with Gasteiger partial charge in [-0.3, -0.25) is 0 Å². The molecule has 0 radical (unpaired) electrons. The van der Waals surface area contributed by atoms with Crippen molar-refractivity contribution >= 4 is 19.7 Å². The summed E-state index contributed by atoms with van der Waals surface area (Å²) < 4.78 is 0. The summed E-state index contributed by atoms with van der Waals surface area (Å²) in [6, 6.07) is 7.51. The third-order valence-corrected chi connectivity index (χ3v) is 6.64. The summed E-state index contributed by atoms with van der Waals surface area (Å²) in [6.07, 6.45) is 6.91. The Hall–Kier alpha value is -0.833. The Morgan fingerprint density at radius 3 is 2.35 bits per heavy atom. The molecule has 1 nitrogen and oxygen atoms in total. The summed E-state index contributed by atoms with van der Waals surface area (Å²) in [5.41, 5.74) is 0.691. The van der Waals surface area contributed by atoms with Gasteiger partial charge in [-0.15, -0.1) is 0 Å². The Morgan fingerprint density at radius 2 is 1.80 bits per heavy atom. The minimum absolute atomic E-state index is 0.238. The van der Waals surface area contributed by atoms with Crippen LogP contribution in [0, 0.1) is 5.41 Å². The van der Waals surface area contributed by atoms with Crippen LogP contribution in [-0.4, -0.2) is 13.2 Å². The van der Waals surface area contributed by atoms with Gasteiger partial charge in [0.1, 0.15) is 0 Å². The minimum Gasteiger partial charge on any atom is -0.388 e. The molecule has 2 atom stereocenters. The second-order valence-electron chi connectivity index (χ2n) is 6.94. The maximum atomic E-state index is 10.8. The minimum atomic E-state index is -1.32. The average molecular weight is 307 g/mol. The van der Waals surface area contributed by atoms with E-state index in [4.69, 9.17) is 11.6 Å². The zero-order valence-corrected chi connectivity index (χ0v) is 14.4. The Morgan fingerprint density at radius 1 is 1.20 bits per heavy atom. The fraction of sp³-hybridized carbons (Fsp3) is 0.412. The van der Waals surface area contributed by atoms with E-state index >= 15 is 0 Å². The Balaban J connectivity index is 2.26. The van der Waals surface area contributed by atoms with Crippen molar-refractivity contribution in [1.82, 2.24) is 0 Å². The molecule has 1 aromatic rings. The average Bonchev–Trinajstić information content (AvgIpc) is 2.38. The largest absolute Gasteiger partial charge is 0.388 e. The van der Waals surface area contributed by atoms with E-state index in [1.165, 1.54) is 5.20 Å². The zero-order chi connectivity index (χ0) is 15.0. The molecule has 1 aliphatic rings. The number of aliphatic hydroxyl groups excluding tert-OH is 1. The van der Waals surface area contributed by atoms with E-state index in [9.17, 15) is 5.11 Å². The molecule has 0 saturated heterocycles. The predicted molar refractivity (Wildman–Crippen MR) is 89.7 cm³/mol. The molecule has 0 spiro atoms. The quantitative estimate of drug-likeness (QED) is 0.766. The van der Waals surface area contributed by atoms with Crippen LogP contribution < -0.4 is 0 Å². The summed E-state index contributed by atoms with van der Waals surface area (Å²) in [6.45, 7) is 9.20. The van der Waals surface area contributed by atoms with E-state index < -0.39 is 14.2 Å². The smallest absolute Gasteiger partial charge is 0.0881 e. The number of halogens is 1. The van der Waals surface area contributed by atoms with E-state index in [1.54, 1.807) is 0 Å². The molecule has 2 rings (SSSR count). The van der Waals surface area contributed by atoms with Gasteiger partial charge in [-0.1, -0.05) is 73.7 Å². The lowest BCUT2D eigenvalue weighted by molar-refractivity contribution is 0.0699. The summed E-state index contributed by atoms with van der Waals surface area (Å²) in [5.74, 6) is 0. The van der Waals surface area contributed by atoms with Crippen molar-refractivity contribution in [3.63, 3.8) is 0 Å². The van der Waals surface area contributed by atoms with Crippen molar-refractivity contribution in [2.75, 3.05) is 0 Å². The molecule has 0 saturated carbocycles. The van der Waals surface area contributed by atoms with Crippen molar-refractivity contribution < 1.29 is 5.11 Å². The molecule has 0 heterocycles. The molecule has 0 fully saturated rings. The molecule has 3 heteroatoms. The van der Waals surface area contributed by atoms with E-state index in [0.717, 1.165) is 12.0 Å². The molecule has 0 amide bonds. The lowest BCUT2D eigenvalue weighted by atomic mass is 9.76. The highest BCUT2D eigenvalue weighted by Crippen LogP contribution is 2.44. The maximum absolute atomic E-state index is 10.8. The molecule has 108 valence electrons. The first-order chi connectivity index (χ1) is 9.22. The van der Waals surface area contributed by atoms with Gasteiger partial charge < -0.3 is 5.11 Å². The van der Waals surface area contributed by atoms with E-state index in [1.807, 2.05) is 24.3 Å². The summed E-state index contributed by atoms with van der Waals surface area (Å²) >= 11 is 5.92. The molecule has 1 N–H and O–H groups in total. The first kappa shape index (κ1) is 15.6. The molecule has 0 bridgehead atoms. The maximum Gasteiger partial charge on any atom is 0.0881 e. The van der Waals surface area contributed by atoms with Gasteiger partial charge in [0.05, 0.1) is 14.2 Å². The molecule has 20 heavy (non-hydrogen) atoms. The standard InChI is InChI=1S/C17H23ClOSi/c1-17(11-5-6-15(12-17)20(2,3)4)16(19)13-7-9-14(18)10-8-13/h5-11,16,19H,12H2,1-4H3/t16-,17+/m0/s1. The fourth-order valence-corrected chi connectivity index (χ4v) is 4.27. The first-order valence-corrected chi connectivity index (χ1v) is 10.9. The lowest BCUT2D eigenvalue weighted by Gasteiger charge is -2.38. The summed E-state index contributed by atoms with van der Waals surface area (Å²) in [7, 11) is -1.32. The molecular formula is C17H23ClOSi. The molecule has 0 aliphatic heterocycles. The lowest BCUT2D eigenvalue weighted by Crippen LogP contribution is -2.33. The Labute approximate surface area is 128 Å². The number of benzene rings is 1. The van der Waals surface area contributed by atoms with Gasteiger partial charge in [-0.25, -0.2) is 0 Å². The van der Waals surface area contributed by atoms with Crippen LogP contribution in [0.3, 0.4) is 0 Å². The van der Waals surface area contributed by atoms with Gasteiger partial charge >= 0.3 is 0 Å². The van der Waals surface area contributed by atoms with E-state index in [-0.39, 0.29) is 5.41 Å². The fourth-order valence-electron chi connectivity index (χ4n) is 2.64. The SMILES string of the molecule is C[C@@]1([C@@H](O)c2ccc(Cl)cc2)C=CC=C([Si](C)(C)C)C1. The van der Waals surface area contributed by atoms with Crippen molar-refractivity contribution in [2.45, 2.75) is 39.1 Å². The van der Waals surface area contributed by atoms with Crippen molar-refractivity contribution in [1.29, 1.82) is 0 Å². The molecule has 1 aliphatic carbocycles. The molecule has 0 aromatic heterocycles. The topological polar surface area (TPSA) is 20.2 Å². The highest BCUT2D eigenvalue weighted by atomic mass is 35.5. The van der Waals surface area contributed by atoms with E-state index in [0.29, 0.717) is 5.02 Å². The first-order valence-electron chi connectivity index (χ1n) is 7.05. The number of hydrogen-bond acceptors (Lipinski definition) is 1. The van der Waals surface area contributed by atoms with Crippen LogP contribution in [0.2, 0.25) is 24.7 Å². The van der Waals surface area contributed by atoms with Crippen LogP contribution in [0.15, 0.2) is 47.7 Å². The summed E-state index contributed by atoms with van der Waals surface area (Å²) in [5, 5.41) is 13.0. The van der Waals surface area contributed by atoms with Crippen LogP contribution in [0.5, 0.6) is 0 Å². The van der Waals surface area contributed by atoms with Crippen molar-refractivity contribution in [2.24, 2.45) is 5.41 Å². The normalized spacial score (nSPS) is 24.4. The molecule has 0 unspecified atom stereocenters. The predicted octanol–water partition coefficient (Wildman–Crippen LogP) is 5.14. The highest BCUT2D eigenvalue weighted by Gasteiger charge is 2.36. The number of rotatable bonds is 3. The van der Waals surface area contributed by atoms with Crippen molar-refractivity contribution in [3.05, 3.63) is 58.3 Å². The van der Waals surface area contributed by atoms with Crippen LogP contribution in [0.4, 0.5) is 0 Å². The van der Waals surface area contributed by atoms with Gasteiger partial charge in [0, 0.05) is 10.4 Å². The van der Waals surface area contributed by atoms with Crippen LogP contribution in [0.25, 0.3) is 0 Å². The van der Waals surface area contributed by atoms with Gasteiger partial charge in [-0.2, -0.15) is 0 Å². The number of hydrogen-bond donors (Lipinski definition) is 1. The number of allylic oxidation sites excluding steroid dienone is 3. The third-order valence-electron chi connectivity index (χ3n) is 4.12. The summed E-state index contributed by atoms with van der Waals surface area (Å²) in [4.78, 5) is 0. The second kappa shape index (κ2) is 5.51. The Bertz CT molecular complexity index is 539. The van der Waals surface area contributed by atoms with Crippen LogP contribution in [-0.2, 0) is 0 Å². The van der Waals surface area contributed by atoms with Crippen molar-refractivity contribution in [3.8, 4) is 0 Å². The van der Waals surface area contributed by atoms with Crippen LogP contribution >= 0.6 is 11.6 Å².